The van der Waals surface area contributed by atoms with Crippen LogP contribution in [0, 0.1) is 12.8 Å². The highest BCUT2D eigenvalue weighted by molar-refractivity contribution is 7.10. The Hall–Kier alpha value is -1.65. The van der Waals surface area contributed by atoms with E-state index >= 15 is 0 Å². The lowest BCUT2D eigenvalue weighted by Gasteiger charge is -2.29. The smallest absolute Gasteiger partial charge is 0.234 e. The van der Waals surface area contributed by atoms with Gasteiger partial charge in [0.15, 0.2) is 0 Å². The second-order valence-electron chi connectivity index (χ2n) is 6.76. The van der Waals surface area contributed by atoms with Crippen LogP contribution in [-0.2, 0) is 11.3 Å². The van der Waals surface area contributed by atoms with E-state index in [0.717, 1.165) is 12.5 Å². The Kier molecular flexibility index (Phi) is 5.69. The van der Waals surface area contributed by atoms with Crippen LogP contribution in [0.25, 0.3) is 0 Å². The van der Waals surface area contributed by atoms with Crippen molar-refractivity contribution in [2.45, 2.75) is 39.3 Å². The highest BCUT2D eigenvalue weighted by atomic mass is 32.1. The van der Waals surface area contributed by atoms with Gasteiger partial charge in [-0.3, -0.25) is 9.69 Å². The van der Waals surface area contributed by atoms with Gasteiger partial charge in [-0.25, -0.2) is 0 Å². The molecule has 1 unspecified atom stereocenters. The second kappa shape index (κ2) is 7.95. The molecule has 4 heteroatoms. The fraction of sp³-hybridized carbons (Fsp3) is 0.450. The van der Waals surface area contributed by atoms with Gasteiger partial charge in [-0.1, -0.05) is 30.3 Å². The van der Waals surface area contributed by atoms with Crippen LogP contribution in [0.1, 0.15) is 41.8 Å². The predicted octanol–water partition coefficient (Wildman–Crippen LogP) is 4.15. The van der Waals surface area contributed by atoms with Crippen LogP contribution in [0.3, 0.4) is 0 Å². The fourth-order valence-electron chi connectivity index (χ4n) is 2.94. The van der Waals surface area contributed by atoms with Crippen molar-refractivity contribution in [1.82, 2.24) is 10.2 Å². The van der Waals surface area contributed by atoms with Gasteiger partial charge in [0.2, 0.25) is 5.91 Å². The first-order valence-corrected chi connectivity index (χ1v) is 9.60. The zero-order valence-corrected chi connectivity index (χ0v) is 15.3. The molecule has 0 radical (unpaired) electrons. The maximum absolute atomic E-state index is 12.4. The third-order valence-electron chi connectivity index (χ3n) is 4.78. The number of hydrogen-bond acceptors (Lipinski definition) is 3. The molecule has 1 heterocycles. The first-order valence-electron chi connectivity index (χ1n) is 8.72. The van der Waals surface area contributed by atoms with Gasteiger partial charge in [-0.05, 0) is 55.2 Å². The molecule has 128 valence electrons. The minimum absolute atomic E-state index is 0.117. The van der Waals surface area contributed by atoms with Crippen LogP contribution < -0.4 is 5.32 Å². The van der Waals surface area contributed by atoms with Crippen molar-refractivity contribution in [1.29, 1.82) is 0 Å². The number of hydrogen-bond donors (Lipinski definition) is 1. The lowest BCUT2D eigenvalue weighted by atomic mass is 10.1. The summed E-state index contributed by atoms with van der Waals surface area (Å²) in [5.74, 6) is 0.884. The summed E-state index contributed by atoms with van der Waals surface area (Å²) in [6.07, 6.45) is 2.60. The molecule has 3 nitrogen and oxygen atoms in total. The van der Waals surface area contributed by atoms with Crippen LogP contribution in [0.4, 0.5) is 0 Å². The lowest BCUT2D eigenvalue weighted by molar-refractivity contribution is -0.123. The number of thiophene rings is 1. The first-order chi connectivity index (χ1) is 11.6. The third-order valence-corrected chi connectivity index (χ3v) is 5.80. The maximum atomic E-state index is 12.4. The van der Waals surface area contributed by atoms with Crippen molar-refractivity contribution in [3.05, 3.63) is 57.8 Å². The van der Waals surface area contributed by atoms with E-state index in [1.807, 2.05) is 6.07 Å². The Morgan fingerprint density at radius 3 is 2.67 bits per heavy atom. The molecule has 1 aromatic heterocycles. The van der Waals surface area contributed by atoms with E-state index < -0.39 is 0 Å². The number of nitrogens with zero attached hydrogens (tertiary/aromatic N) is 1. The molecule has 1 saturated carbocycles. The number of amides is 1. The SMILES string of the molecule is Cc1ccsc1CNC(=O)CN(CC1CC1)C(C)c1ccccc1. The average Bonchev–Trinajstić information content (AvgIpc) is 3.32. The van der Waals surface area contributed by atoms with Crippen molar-refractivity contribution in [2.75, 3.05) is 13.1 Å². The van der Waals surface area contributed by atoms with Gasteiger partial charge in [0.1, 0.15) is 0 Å². The van der Waals surface area contributed by atoms with Crippen molar-refractivity contribution in [3.8, 4) is 0 Å². The van der Waals surface area contributed by atoms with Crippen molar-refractivity contribution in [3.63, 3.8) is 0 Å². The van der Waals surface area contributed by atoms with Gasteiger partial charge < -0.3 is 5.32 Å². The molecular weight excluding hydrogens is 316 g/mol. The molecule has 1 aliphatic rings. The number of benzene rings is 1. The molecular formula is C20H26N2OS. The van der Waals surface area contributed by atoms with Crippen molar-refractivity contribution in [2.24, 2.45) is 5.92 Å². The van der Waals surface area contributed by atoms with Gasteiger partial charge in [0.05, 0.1) is 13.1 Å². The quantitative estimate of drug-likeness (QED) is 0.782. The summed E-state index contributed by atoms with van der Waals surface area (Å²) < 4.78 is 0. The highest BCUT2D eigenvalue weighted by Crippen LogP contribution is 2.32. The Balaban J connectivity index is 1.59. The molecule has 3 rings (SSSR count). The average molecular weight is 343 g/mol. The lowest BCUT2D eigenvalue weighted by Crippen LogP contribution is -2.39. The summed E-state index contributed by atoms with van der Waals surface area (Å²) in [7, 11) is 0. The van der Waals surface area contributed by atoms with Gasteiger partial charge >= 0.3 is 0 Å². The Labute approximate surface area is 148 Å². The van der Waals surface area contributed by atoms with E-state index in [4.69, 9.17) is 0 Å². The largest absolute Gasteiger partial charge is 0.350 e. The number of carbonyl (C=O) groups is 1. The van der Waals surface area contributed by atoms with Crippen LogP contribution in [-0.4, -0.2) is 23.9 Å². The van der Waals surface area contributed by atoms with Gasteiger partial charge in [0.25, 0.3) is 0 Å². The van der Waals surface area contributed by atoms with Crippen LogP contribution >= 0.6 is 11.3 Å². The van der Waals surface area contributed by atoms with Crippen molar-refractivity contribution < 1.29 is 4.79 Å². The molecule has 24 heavy (non-hydrogen) atoms. The summed E-state index contributed by atoms with van der Waals surface area (Å²) in [4.78, 5) is 16.0. The van der Waals surface area contributed by atoms with Crippen molar-refractivity contribution >= 4 is 17.2 Å². The normalized spacial score (nSPS) is 15.5. The van der Waals surface area contributed by atoms with E-state index in [2.05, 4.69) is 59.8 Å². The number of aryl methyl sites for hydroxylation is 1. The molecule has 2 aromatic rings. The Morgan fingerprint density at radius 1 is 1.29 bits per heavy atom. The Bertz CT molecular complexity index is 663. The van der Waals surface area contributed by atoms with E-state index in [1.54, 1.807) is 11.3 Å². The molecule has 0 saturated heterocycles. The monoisotopic (exact) mass is 342 g/mol. The molecule has 0 bridgehead atoms. The summed E-state index contributed by atoms with van der Waals surface area (Å²) in [5.41, 5.74) is 2.54. The van der Waals surface area contributed by atoms with E-state index in [0.29, 0.717) is 13.1 Å². The summed E-state index contributed by atoms with van der Waals surface area (Å²) in [6, 6.07) is 12.8. The fourth-order valence-corrected chi connectivity index (χ4v) is 3.78. The molecule has 1 atom stereocenters. The molecule has 0 spiro atoms. The zero-order valence-electron chi connectivity index (χ0n) is 14.5. The van der Waals surface area contributed by atoms with Crippen LogP contribution in [0.15, 0.2) is 41.8 Å². The van der Waals surface area contributed by atoms with Gasteiger partial charge in [0, 0.05) is 17.5 Å². The van der Waals surface area contributed by atoms with Crippen LogP contribution in [0.2, 0.25) is 0 Å². The number of carbonyl (C=O) groups excluding carboxylic acids is 1. The maximum Gasteiger partial charge on any atom is 0.234 e. The third kappa shape index (κ3) is 4.68. The molecule has 0 aliphatic heterocycles. The van der Waals surface area contributed by atoms with Gasteiger partial charge in [-0.2, -0.15) is 0 Å². The molecule has 1 fully saturated rings. The second-order valence-corrected chi connectivity index (χ2v) is 7.76. The minimum atomic E-state index is 0.117. The molecule has 1 N–H and O–H groups in total. The van der Waals surface area contributed by atoms with Gasteiger partial charge in [-0.15, -0.1) is 11.3 Å². The Morgan fingerprint density at radius 2 is 2.04 bits per heavy atom. The summed E-state index contributed by atoms with van der Waals surface area (Å²) in [6.45, 7) is 6.42. The summed E-state index contributed by atoms with van der Waals surface area (Å²) in [5, 5.41) is 5.16. The number of nitrogens with one attached hydrogen (secondary N) is 1. The molecule has 1 aromatic carbocycles. The topological polar surface area (TPSA) is 32.3 Å². The zero-order chi connectivity index (χ0) is 16.9. The van der Waals surface area contributed by atoms with Crippen LogP contribution in [0.5, 0.6) is 0 Å². The van der Waals surface area contributed by atoms with E-state index in [-0.39, 0.29) is 11.9 Å². The molecule has 1 aliphatic carbocycles. The number of rotatable bonds is 8. The minimum Gasteiger partial charge on any atom is -0.350 e. The first kappa shape index (κ1) is 17.2. The molecule has 1 amide bonds. The summed E-state index contributed by atoms with van der Waals surface area (Å²) >= 11 is 1.71. The van der Waals surface area contributed by atoms with E-state index in [1.165, 1.54) is 28.8 Å². The predicted molar refractivity (Wildman–Crippen MR) is 100 cm³/mol. The standard InChI is InChI=1S/C20H26N2OS/c1-15-10-11-24-19(15)12-21-20(23)14-22(13-17-8-9-17)16(2)18-6-4-3-5-7-18/h3-7,10-11,16-17H,8-9,12-14H2,1-2H3,(H,21,23). The highest BCUT2D eigenvalue weighted by Gasteiger charge is 2.28. The van der Waals surface area contributed by atoms with E-state index in [9.17, 15) is 4.79 Å².